The fourth-order valence-electron chi connectivity index (χ4n) is 6.67. The van der Waals surface area contributed by atoms with Crippen molar-refractivity contribution in [3.8, 4) is 0 Å². The monoisotopic (exact) mass is 598 g/mol. The topological polar surface area (TPSA) is 111 Å². The molecule has 4 unspecified atom stereocenters. The lowest BCUT2D eigenvalue weighted by atomic mass is 9.54. The summed E-state index contributed by atoms with van der Waals surface area (Å²) in [5, 5.41) is 16.5. The molecule has 2 aliphatic heterocycles. The van der Waals surface area contributed by atoms with Gasteiger partial charge in [0, 0.05) is 41.7 Å². The Morgan fingerprint density at radius 1 is 1.14 bits per heavy atom. The van der Waals surface area contributed by atoms with Crippen LogP contribution in [0.4, 0.5) is 10.1 Å². The van der Waals surface area contributed by atoms with Gasteiger partial charge in [0.25, 0.3) is 0 Å². The number of aldehydes is 1. The maximum Gasteiger partial charge on any atom is 0.238 e. The summed E-state index contributed by atoms with van der Waals surface area (Å²) >= 11 is 0. The van der Waals surface area contributed by atoms with E-state index in [9.17, 15) is 19.5 Å². The maximum absolute atomic E-state index is 15.6. The van der Waals surface area contributed by atoms with Crippen molar-refractivity contribution < 1.29 is 28.6 Å². The molecular formula is C28H41B6FN4O5. The first kappa shape index (κ1) is 34.1. The summed E-state index contributed by atoms with van der Waals surface area (Å²) in [6.07, 6.45) is 1.11. The van der Waals surface area contributed by atoms with E-state index in [-0.39, 0.29) is 42.1 Å². The summed E-state index contributed by atoms with van der Waals surface area (Å²) in [6.45, 7) is 5.61. The minimum Gasteiger partial charge on any atom is -0.391 e. The van der Waals surface area contributed by atoms with Crippen LogP contribution < -0.4 is 10.6 Å². The highest BCUT2D eigenvalue weighted by atomic mass is 19.1. The van der Waals surface area contributed by atoms with Gasteiger partial charge in [0.15, 0.2) is 14.1 Å². The lowest BCUT2D eigenvalue weighted by Gasteiger charge is -2.49. The van der Waals surface area contributed by atoms with Gasteiger partial charge in [0.05, 0.1) is 17.6 Å². The second kappa shape index (κ2) is 12.2. The molecule has 2 fully saturated rings. The Hall–Kier alpha value is -2.79. The molecule has 228 valence electrons. The number of ether oxygens (including phenoxy) is 1. The number of amides is 2. The third-order valence-corrected chi connectivity index (χ3v) is 9.68. The maximum atomic E-state index is 15.6. The molecule has 0 radical (unpaired) electrons. The minimum atomic E-state index is -1.84. The zero-order valence-corrected chi connectivity index (χ0v) is 27.4. The highest BCUT2D eigenvalue weighted by Crippen LogP contribution is 2.39. The van der Waals surface area contributed by atoms with E-state index in [1.807, 2.05) is 27.8 Å². The number of likely N-dealkylation sites (N-methyl/N-ethyl adjacent to an activating group) is 1. The van der Waals surface area contributed by atoms with Crippen molar-refractivity contribution in [1.29, 1.82) is 0 Å². The second-order valence-corrected chi connectivity index (χ2v) is 13.8. The van der Waals surface area contributed by atoms with Crippen molar-refractivity contribution in [1.82, 2.24) is 15.1 Å². The first-order chi connectivity index (χ1) is 20.3. The molecule has 2 aliphatic rings. The van der Waals surface area contributed by atoms with Gasteiger partial charge in [-0.15, -0.1) is 0 Å². The third kappa shape index (κ3) is 6.32. The number of rotatable bonds is 9. The first-order valence-corrected chi connectivity index (χ1v) is 15.2. The van der Waals surface area contributed by atoms with E-state index in [1.165, 1.54) is 18.8 Å². The summed E-state index contributed by atoms with van der Waals surface area (Å²) < 4.78 is 21.6. The van der Waals surface area contributed by atoms with Gasteiger partial charge in [-0.3, -0.25) is 24.6 Å². The van der Waals surface area contributed by atoms with Crippen LogP contribution in [0.3, 0.4) is 0 Å². The largest absolute Gasteiger partial charge is 0.391 e. The van der Waals surface area contributed by atoms with E-state index in [0.29, 0.717) is 17.5 Å². The van der Waals surface area contributed by atoms with Gasteiger partial charge in [0.1, 0.15) is 50.7 Å². The van der Waals surface area contributed by atoms with Crippen molar-refractivity contribution in [3.05, 3.63) is 64.5 Å². The third-order valence-electron chi connectivity index (χ3n) is 9.68. The van der Waals surface area contributed by atoms with Gasteiger partial charge in [-0.25, -0.2) is 4.39 Å². The smallest absolute Gasteiger partial charge is 0.238 e. The van der Waals surface area contributed by atoms with Crippen molar-refractivity contribution in [2.75, 3.05) is 25.5 Å². The number of morpholine rings is 1. The molecule has 4 rings (SSSR count). The molecule has 2 aromatic carbocycles. The number of carbonyl (C=O) groups excluding carboxylic acids is 3. The number of aliphatic hydroxyl groups is 1. The molecule has 4 atom stereocenters. The number of halogens is 1. The van der Waals surface area contributed by atoms with Gasteiger partial charge >= 0.3 is 0 Å². The summed E-state index contributed by atoms with van der Waals surface area (Å²) in [4.78, 5) is 41.0. The Labute approximate surface area is 264 Å². The Morgan fingerprint density at radius 3 is 2.36 bits per heavy atom. The average molecular weight is 598 g/mol. The lowest BCUT2D eigenvalue weighted by Crippen LogP contribution is -2.67. The highest BCUT2D eigenvalue weighted by molar-refractivity contribution is 6.42. The quantitative estimate of drug-likeness (QED) is 0.116. The van der Waals surface area contributed by atoms with E-state index in [4.69, 9.17) is 4.74 Å². The molecule has 44 heavy (non-hydrogen) atoms. The molecule has 2 saturated heterocycles. The van der Waals surface area contributed by atoms with Crippen LogP contribution in [0.5, 0.6) is 0 Å². The minimum absolute atomic E-state index is 0.0768. The van der Waals surface area contributed by atoms with E-state index in [2.05, 4.69) is 45.1 Å². The van der Waals surface area contributed by atoms with Crippen LogP contribution in [-0.2, 0) is 30.6 Å². The number of hydrogen-bond donors (Lipinski definition) is 3. The van der Waals surface area contributed by atoms with Crippen LogP contribution in [0.2, 0.25) is 0 Å². The Morgan fingerprint density at radius 2 is 1.77 bits per heavy atom. The number of nitrogens with zero attached hydrogens (tertiary/aromatic N) is 2. The fourth-order valence-corrected chi connectivity index (χ4v) is 6.67. The predicted octanol–water partition coefficient (Wildman–Crippen LogP) is -3.95. The molecule has 0 bridgehead atoms. The standard InChI is InChI=1S/C28H41B6FN4O5/c1-15-12-39(13-16(2)44-15)27(32,33)18-7-8-20(35)19(11-18)26(30,31)37-21-6-4-5-17(14-40)23(21)28(34,43)38(3)25(29)10-9-22(41)36-24(25)42/h4-8,11,14-16,37,43H,9-10,12-13,29-34H2,1-3H3,(H,36,41,42). The van der Waals surface area contributed by atoms with Crippen LogP contribution in [0.25, 0.3) is 0 Å². The summed E-state index contributed by atoms with van der Waals surface area (Å²) in [6, 6.07) is 10.2. The Balaban J connectivity index is 1.73. The molecule has 16 heteroatoms. The highest BCUT2D eigenvalue weighted by Gasteiger charge is 2.49. The lowest BCUT2D eigenvalue weighted by molar-refractivity contribution is -0.147. The van der Waals surface area contributed by atoms with E-state index >= 15 is 4.39 Å². The van der Waals surface area contributed by atoms with Crippen LogP contribution in [0.15, 0.2) is 36.4 Å². The summed E-state index contributed by atoms with van der Waals surface area (Å²) in [7, 11) is 12.7. The van der Waals surface area contributed by atoms with Gasteiger partial charge in [-0.1, -0.05) is 24.3 Å². The van der Waals surface area contributed by atoms with Crippen molar-refractivity contribution in [2.45, 2.75) is 60.6 Å². The van der Waals surface area contributed by atoms with Crippen LogP contribution in [0, 0.1) is 5.82 Å². The predicted molar refractivity (Wildman–Crippen MR) is 185 cm³/mol. The molecule has 3 N–H and O–H groups in total. The number of hydrogen-bond acceptors (Lipinski definition) is 8. The fraction of sp³-hybridized carbons (Fsp3) is 0.464. The molecule has 0 spiro atoms. The van der Waals surface area contributed by atoms with Crippen molar-refractivity contribution in [3.63, 3.8) is 0 Å². The number of imide groups is 1. The van der Waals surface area contributed by atoms with E-state index in [1.54, 1.807) is 33.1 Å². The van der Waals surface area contributed by atoms with Gasteiger partial charge in [-0.05, 0) is 55.9 Å². The second-order valence-electron chi connectivity index (χ2n) is 13.8. The van der Waals surface area contributed by atoms with Crippen LogP contribution in [-0.4, -0.2) is 118 Å². The molecule has 2 amide bonds. The normalized spacial score (nSPS) is 24.9. The number of nitrogens with one attached hydrogen (secondary N) is 2. The van der Waals surface area contributed by atoms with Crippen molar-refractivity contribution >= 4 is 70.9 Å². The zero-order chi connectivity index (χ0) is 32.8. The average Bonchev–Trinajstić information content (AvgIpc) is 2.93. The van der Waals surface area contributed by atoms with Gasteiger partial charge in [0.2, 0.25) is 11.8 Å². The molecule has 0 aromatic heterocycles. The molecule has 9 nitrogen and oxygen atoms in total. The van der Waals surface area contributed by atoms with E-state index in [0.717, 1.165) is 18.7 Å². The zero-order valence-electron chi connectivity index (χ0n) is 27.4. The Bertz CT molecular complexity index is 1450. The Kier molecular flexibility index (Phi) is 9.45. The number of piperidine rings is 1. The first-order valence-electron chi connectivity index (χ1n) is 15.2. The van der Waals surface area contributed by atoms with Gasteiger partial charge < -0.3 is 20.1 Å². The molecular weight excluding hydrogens is 556 g/mol. The number of carbonyl (C=O) groups is 3. The van der Waals surface area contributed by atoms with Crippen LogP contribution in [0.1, 0.15) is 53.7 Å². The summed E-state index contributed by atoms with van der Waals surface area (Å²) in [5.41, 5.74) is -0.842. The summed E-state index contributed by atoms with van der Waals surface area (Å²) in [5.74, 6) is -1.29. The van der Waals surface area contributed by atoms with Gasteiger partial charge in [-0.2, -0.15) is 0 Å². The van der Waals surface area contributed by atoms with Crippen LogP contribution >= 0.6 is 0 Å². The molecule has 0 saturated carbocycles. The SMILES string of the molecule is BC(B)(Nc1cccc(C=O)c1C(B)(O)N(C)C1(B)CCC(=O)NC1=O)c1cc(C(B)(B)N2CC(C)OC(C)C2)ccc1F. The van der Waals surface area contributed by atoms with E-state index < -0.39 is 33.5 Å². The molecule has 2 heterocycles. The molecule has 2 aromatic rings. The molecule has 0 aliphatic carbocycles. The number of benzene rings is 2. The van der Waals surface area contributed by atoms with Crippen molar-refractivity contribution in [2.24, 2.45) is 0 Å². The number of anilines is 1.